The number of ether oxygens (including phenoxy) is 1. The summed E-state index contributed by atoms with van der Waals surface area (Å²) in [7, 11) is 1.70. The van der Waals surface area contributed by atoms with Crippen LogP contribution in [0.3, 0.4) is 0 Å². The fourth-order valence-electron chi connectivity index (χ4n) is 2.05. The fourth-order valence-corrected chi connectivity index (χ4v) is 2.41. The number of methoxy groups -OCH3 is 1. The Morgan fingerprint density at radius 3 is 2.78 bits per heavy atom. The van der Waals surface area contributed by atoms with Gasteiger partial charge in [0.15, 0.2) is 0 Å². The highest BCUT2D eigenvalue weighted by Gasteiger charge is 2.15. The van der Waals surface area contributed by atoms with Gasteiger partial charge in [0.1, 0.15) is 5.82 Å². The van der Waals surface area contributed by atoms with Crippen LogP contribution in [0.15, 0.2) is 12.1 Å². The molecule has 1 atom stereocenters. The molecular weight excluding hydrogens is 271 g/mol. The smallest absolute Gasteiger partial charge is 0.124 e. The first-order valence-electron chi connectivity index (χ1n) is 5.81. The average Bonchev–Trinajstić information content (AvgIpc) is 2.72. The number of hydrogen-bond acceptors (Lipinski definition) is 2. The Kier molecular flexibility index (Phi) is 4.15. The third kappa shape index (κ3) is 2.35. The monoisotopic (exact) mass is 286 g/mol. The molecule has 0 saturated carbocycles. The van der Waals surface area contributed by atoms with Gasteiger partial charge in [-0.2, -0.15) is 0 Å². The first kappa shape index (κ1) is 13.7. The molecule has 1 aromatic heterocycles. The van der Waals surface area contributed by atoms with Gasteiger partial charge in [-0.1, -0.05) is 11.6 Å². The molecule has 0 fully saturated rings. The number of imidazole rings is 1. The first-order chi connectivity index (χ1) is 8.58. The maximum absolute atomic E-state index is 6.18. The maximum atomic E-state index is 6.18. The molecule has 18 heavy (non-hydrogen) atoms. The van der Waals surface area contributed by atoms with Crippen molar-refractivity contribution in [1.82, 2.24) is 9.55 Å². The van der Waals surface area contributed by atoms with Crippen molar-refractivity contribution in [2.45, 2.75) is 32.4 Å². The van der Waals surface area contributed by atoms with E-state index in [9.17, 15) is 0 Å². The van der Waals surface area contributed by atoms with Crippen molar-refractivity contribution in [3.8, 4) is 0 Å². The van der Waals surface area contributed by atoms with E-state index in [-0.39, 0.29) is 6.10 Å². The lowest BCUT2D eigenvalue weighted by atomic mass is 10.2. The second-order valence-electron chi connectivity index (χ2n) is 4.36. The zero-order valence-corrected chi connectivity index (χ0v) is 12.2. The molecule has 1 unspecified atom stereocenters. The minimum Gasteiger partial charge on any atom is -0.380 e. The van der Waals surface area contributed by atoms with Gasteiger partial charge in [0.05, 0.1) is 29.6 Å². The highest BCUT2D eigenvalue weighted by Crippen LogP contribution is 2.27. The summed E-state index contributed by atoms with van der Waals surface area (Å²) in [6.45, 7) is 4.73. The second kappa shape index (κ2) is 5.47. The standard InChI is InChI=1S/C13H16Cl2N2O/c1-8(18-3)7-17-12(6-14)16-11-5-4-10(15)9(2)13(11)17/h4-5,8H,6-7H2,1-3H3. The predicted molar refractivity (Wildman–Crippen MR) is 75.5 cm³/mol. The number of aromatic nitrogens is 2. The van der Waals surface area contributed by atoms with Crippen LogP contribution in [0, 0.1) is 6.92 Å². The molecule has 2 rings (SSSR count). The molecule has 98 valence electrons. The molecule has 1 aromatic carbocycles. The lowest BCUT2D eigenvalue weighted by molar-refractivity contribution is 0.103. The number of rotatable bonds is 4. The van der Waals surface area contributed by atoms with E-state index in [0.717, 1.165) is 34.0 Å². The average molecular weight is 287 g/mol. The van der Waals surface area contributed by atoms with E-state index < -0.39 is 0 Å². The number of halogens is 2. The summed E-state index contributed by atoms with van der Waals surface area (Å²) in [5.41, 5.74) is 3.00. The van der Waals surface area contributed by atoms with Crippen molar-refractivity contribution >= 4 is 34.2 Å². The van der Waals surface area contributed by atoms with E-state index in [2.05, 4.69) is 9.55 Å². The zero-order valence-electron chi connectivity index (χ0n) is 10.7. The van der Waals surface area contributed by atoms with Gasteiger partial charge in [0, 0.05) is 12.1 Å². The Morgan fingerprint density at radius 2 is 2.17 bits per heavy atom. The van der Waals surface area contributed by atoms with Gasteiger partial charge in [-0.3, -0.25) is 0 Å². The number of benzene rings is 1. The molecule has 0 aliphatic carbocycles. The van der Waals surface area contributed by atoms with Crippen LogP contribution < -0.4 is 0 Å². The van der Waals surface area contributed by atoms with Gasteiger partial charge in [-0.25, -0.2) is 4.98 Å². The van der Waals surface area contributed by atoms with Crippen molar-refractivity contribution < 1.29 is 4.74 Å². The third-order valence-electron chi connectivity index (χ3n) is 3.14. The van der Waals surface area contributed by atoms with Crippen molar-refractivity contribution in [2.75, 3.05) is 7.11 Å². The Hall–Kier alpha value is -0.770. The van der Waals surface area contributed by atoms with Crippen LogP contribution >= 0.6 is 23.2 Å². The summed E-state index contributed by atoms with van der Waals surface area (Å²) in [5, 5.41) is 0.745. The van der Waals surface area contributed by atoms with Gasteiger partial charge in [0.25, 0.3) is 0 Å². The second-order valence-corrected chi connectivity index (χ2v) is 5.03. The normalized spacial score (nSPS) is 13.2. The van der Waals surface area contributed by atoms with Crippen LogP contribution in [0.2, 0.25) is 5.02 Å². The number of alkyl halides is 1. The van der Waals surface area contributed by atoms with Gasteiger partial charge < -0.3 is 9.30 Å². The van der Waals surface area contributed by atoms with Crippen LogP contribution in [0.25, 0.3) is 11.0 Å². The third-order valence-corrected chi connectivity index (χ3v) is 3.78. The molecule has 0 aliphatic heterocycles. The summed E-state index contributed by atoms with van der Waals surface area (Å²) in [5.74, 6) is 1.23. The maximum Gasteiger partial charge on any atom is 0.124 e. The Morgan fingerprint density at radius 1 is 1.44 bits per heavy atom. The van der Waals surface area contributed by atoms with E-state index in [0.29, 0.717) is 5.88 Å². The van der Waals surface area contributed by atoms with Crippen molar-refractivity contribution in [3.63, 3.8) is 0 Å². The van der Waals surface area contributed by atoms with E-state index >= 15 is 0 Å². The number of aryl methyl sites for hydroxylation is 1. The SMILES string of the molecule is COC(C)Cn1c(CCl)nc2ccc(Cl)c(C)c21. The molecule has 5 heteroatoms. The van der Waals surface area contributed by atoms with E-state index in [1.807, 2.05) is 26.0 Å². The van der Waals surface area contributed by atoms with E-state index in [4.69, 9.17) is 27.9 Å². The summed E-state index contributed by atoms with van der Waals surface area (Å²) < 4.78 is 7.41. The van der Waals surface area contributed by atoms with Gasteiger partial charge in [-0.05, 0) is 31.5 Å². The fraction of sp³-hybridized carbons (Fsp3) is 0.462. The van der Waals surface area contributed by atoms with E-state index in [1.54, 1.807) is 7.11 Å². The highest BCUT2D eigenvalue weighted by atomic mass is 35.5. The van der Waals surface area contributed by atoms with Crippen LogP contribution in [-0.4, -0.2) is 22.8 Å². The first-order valence-corrected chi connectivity index (χ1v) is 6.72. The number of fused-ring (bicyclic) bond motifs is 1. The number of nitrogens with zero attached hydrogens (tertiary/aromatic N) is 2. The topological polar surface area (TPSA) is 27.1 Å². The summed E-state index contributed by atoms with van der Waals surface area (Å²) in [4.78, 5) is 4.54. The number of hydrogen-bond donors (Lipinski definition) is 0. The Balaban J connectivity index is 2.63. The van der Waals surface area contributed by atoms with Crippen LogP contribution in [-0.2, 0) is 17.2 Å². The van der Waals surface area contributed by atoms with Gasteiger partial charge >= 0.3 is 0 Å². The molecular formula is C13H16Cl2N2O. The summed E-state index contributed by atoms with van der Waals surface area (Å²) in [6, 6.07) is 3.79. The van der Waals surface area contributed by atoms with Crippen molar-refractivity contribution in [3.05, 3.63) is 28.5 Å². The lowest BCUT2D eigenvalue weighted by Gasteiger charge is -2.14. The van der Waals surface area contributed by atoms with Gasteiger partial charge in [-0.15, -0.1) is 11.6 Å². The Labute approximate surface area is 117 Å². The van der Waals surface area contributed by atoms with E-state index in [1.165, 1.54) is 0 Å². The quantitative estimate of drug-likeness (QED) is 0.800. The minimum atomic E-state index is 0.0998. The molecule has 3 nitrogen and oxygen atoms in total. The molecule has 0 amide bonds. The molecule has 0 bridgehead atoms. The predicted octanol–water partition coefficient (Wildman–Crippen LogP) is 3.77. The Bertz CT molecular complexity index is 566. The lowest BCUT2D eigenvalue weighted by Crippen LogP contribution is -2.16. The van der Waals surface area contributed by atoms with Crippen LogP contribution in [0.1, 0.15) is 18.3 Å². The molecule has 2 aromatic rings. The molecule has 0 saturated heterocycles. The molecule has 0 N–H and O–H groups in total. The van der Waals surface area contributed by atoms with Crippen molar-refractivity contribution in [2.24, 2.45) is 0 Å². The van der Waals surface area contributed by atoms with Crippen LogP contribution in [0.5, 0.6) is 0 Å². The largest absolute Gasteiger partial charge is 0.380 e. The van der Waals surface area contributed by atoms with Crippen molar-refractivity contribution in [1.29, 1.82) is 0 Å². The van der Waals surface area contributed by atoms with Gasteiger partial charge in [0.2, 0.25) is 0 Å². The molecule has 0 radical (unpaired) electrons. The highest BCUT2D eigenvalue weighted by molar-refractivity contribution is 6.32. The molecule has 0 aliphatic rings. The van der Waals surface area contributed by atoms with Crippen LogP contribution in [0.4, 0.5) is 0 Å². The summed E-state index contributed by atoms with van der Waals surface area (Å²) >= 11 is 12.1. The summed E-state index contributed by atoms with van der Waals surface area (Å²) in [6.07, 6.45) is 0.0998. The zero-order chi connectivity index (χ0) is 13.3. The molecule has 1 heterocycles. The molecule has 0 spiro atoms. The minimum absolute atomic E-state index is 0.0998.